The second-order valence-electron chi connectivity index (χ2n) is 5.66. The molecule has 7 heteroatoms. The van der Waals surface area contributed by atoms with Crippen molar-refractivity contribution in [1.82, 2.24) is 4.90 Å². The van der Waals surface area contributed by atoms with Crippen LogP contribution in [0.3, 0.4) is 0 Å². The Morgan fingerprint density at radius 1 is 1.45 bits per heavy atom. The van der Waals surface area contributed by atoms with E-state index in [4.69, 9.17) is 9.47 Å². The highest BCUT2D eigenvalue weighted by Gasteiger charge is 2.36. The van der Waals surface area contributed by atoms with Gasteiger partial charge in [-0.25, -0.2) is 4.79 Å². The summed E-state index contributed by atoms with van der Waals surface area (Å²) in [6.45, 7) is 6.16. The zero-order valence-corrected chi connectivity index (χ0v) is 12.4. The van der Waals surface area contributed by atoms with E-state index in [-0.39, 0.29) is 13.0 Å². The van der Waals surface area contributed by atoms with E-state index in [1.807, 2.05) is 0 Å². The van der Waals surface area contributed by atoms with Gasteiger partial charge in [-0.1, -0.05) is 0 Å². The topological polar surface area (TPSA) is 85.3 Å². The summed E-state index contributed by atoms with van der Waals surface area (Å²) in [4.78, 5) is 24.7. The maximum Gasteiger partial charge on any atom is 0.410 e. The molecule has 2 atom stereocenters. The Kier molecular flexibility index (Phi) is 5.76. The molecule has 1 aliphatic heterocycles. The van der Waals surface area contributed by atoms with Crippen molar-refractivity contribution in [2.45, 2.75) is 44.9 Å². The summed E-state index contributed by atoms with van der Waals surface area (Å²) in [5.41, 5.74) is -0.618. The molecule has 0 aromatic carbocycles. The largest absolute Gasteiger partial charge is 0.469 e. The van der Waals surface area contributed by atoms with Gasteiger partial charge in [0.15, 0.2) is 0 Å². The fourth-order valence-corrected chi connectivity index (χ4v) is 1.88. The van der Waals surface area contributed by atoms with E-state index >= 15 is 0 Å². The van der Waals surface area contributed by atoms with Crippen LogP contribution in [-0.4, -0.2) is 66.7 Å². The van der Waals surface area contributed by atoms with Crippen LogP contribution in [0.5, 0.6) is 0 Å². The second kappa shape index (κ2) is 6.90. The number of hydrogen-bond acceptors (Lipinski definition) is 6. The van der Waals surface area contributed by atoms with E-state index in [0.717, 1.165) is 0 Å². The molecule has 1 heterocycles. The van der Waals surface area contributed by atoms with Crippen molar-refractivity contribution in [2.24, 2.45) is 0 Å². The van der Waals surface area contributed by atoms with Gasteiger partial charge in [0.1, 0.15) is 5.60 Å². The minimum absolute atomic E-state index is 0.164. The third-order valence-electron chi connectivity index (χ3n) is 2.84. The molecule has 7 nitrogen and oxygen atoms in total. The molecule has 0 saturated carbocycles. The van der Waals surface area contributed by atoms with E-state index in [2.05, 4.69) is 4.74 Å². The number of hydrogen-bond donors (Lipinski definition) is 1. The van der Waals surface area contributed by atoms with Crippen molar-refractivity contribution in [3.63, 3.8) is 0 Å². The highest BCUT2D eigenvalue weighted by molar-refractivity contribution is 5.71. The van der Waals surface area contributed by atoms with Gasteiger partial charge in [0.05, 0.1) is 38.9 Å². The molecule has 0 spiro atoms. The van der Waals surface area contributed by atoms with Crippen LogP contribution >= 0.6 is 0 Å². The van der Waals surface area contributed by atoms with Gasteiger partial charge >= 0.3 is 12.1 Å². The molecular formula is C13H23NO6. The van der Waals surface area contributed by atoms with E-state index in [1.165, 1.54) is 12.0 Å². The Morgan fingerprint density at radius 2 is 2.10 bits per heavy atom. The summed E-state index contributed by atoms with van der Waals surface area (Å²) in [5.74, 6) is -0.535. The van der Waals surface area contributed by atoms with Crippen molar-refractivity contribution in [2.75, 3.05) is 26.9 Å². The van der Waals surface area contributed by atoms with Gasteiger partial charge in [0, 0.05) is 6.54 Å². The van der Waals surface area contributed by atoms with Gasteiger partial charge in [-0.15, -0.1) is 0 Å². The quantitative estimate of drug-likeness (QED) is 0.764. The zero-order chi connectivity index (χ0) is 15.3. The van der Waals surface area contributed by atoms with Crippen LogP contribution < -0.4 is 0 Å². The highest BCUT2D eigenvalue weighted by atomic mass is 16.6. The minimum Gasteiger partial charge on any atom is -0.469 e. The normalized spacial score (nSPS) is 21.2. The molecule has 1 rings (SSSR count). The lowest BCUT2D eigenvalue weighted by Crippen LogP contribution is -2.55. The van der Waals surface area contributed by atoms with Crippen LogP contribution in [0.15, 0.2) is 0 Å². The smallest absolute Gasteiger partial charge is 0.410 e. The van der Waals surface area contributed by atoms with E-state index in [9.17, 15) is 14.7 Å². The monoisotopic (exact) mass is 289 g/mol. The van der Waals surface area contributed by atoms with Crippen molar-refractivity contribution in [3.05, 3.63) is 0 Å². The van der Waals surface area contributed by atoms with Crippen molar-refractivity contribution in [1.29, 1.82) is 0 Å². The van der Waals surface area contributed by atoms with Crippen LogP contribution in [-0.2, 0) is 19.0 Å². The molecule has 20 heavy (non-hydrogen) atoms. The van der Waals surface area contributed by atoms with Gasteiger partial charge in [-0.2, -0.15) is 0 Å². The number of rotatable bonds is 3. The summed E-state index contributed by atoms with van der Waals surface area (Å²) in [6.07, 6.45) is -1.76. The zero-order valence-electron chi connectivity index (χ0n) is 12.4. The first-order valence-electron chi connectivity index (χ1n) is 6.57. The fraction of sp³-hybridized carbons (Fsp3) is 0.846. The van der Waals surface area contributed by atoms with Gasteiger partial charge in [0.25, 0.3) is 0 Å². The molecule has 0 radical (unpaired) electrons. The lowest BCUT2D eigenvalue weighted by molar-refractivity contribution is -0.145. The second-order valence-corrected chi connectivity index (χ2v) is 5.66. The number of amides is 1. The van der Waals surface area contributed by atoms with Crippen LogP contribution in [0.4, 0.5) is 4.79 Å². The molecule has 1 saturated heterocycles. The number of ether oxygens (including phenoxy) is 3. The van der Waals surface area contributed by atoms with Crippen molar-refractivity contribution in [3.8, 4) is 0 Å². The Balaban J connectivity index is 2.70. The number of methoxy groups -OCH3 is 1. The average Bonchev–Trinajstić information content (AvgIpc) is 2.36. The van der Waals surface area contributed by atoms with Crippen LogP contribution in [0.25, 0.3) is 0 Å². The molecule has 0 bridgehead atoms. The number of morpholine rings is 1. The Morgan fingerprint density at radius 3 is 2.65 bits per heavy atom. The van der Waals surface area contributed by atoms with Gasteiger partial charge in [-0.3, -0.25) is 9.69 Å². The van der Waals surface area contributed by atoms with Crippen LogP contribution in [0.1, 0.15) is 27.2 Å². The lowest BCUT2D eigenvalue weighted by Gasteiger charge is -2.38. The summed E-state index contributed by atoms with van der Waals surface area (Å²) >= 11 is 0. The number of aliphatic hydroxyl groups excluding tert-OH is 1. The molecule has 1 fully saturated rings. The molecule has 1 N–H and O–H groups in total. The number of nitrogens with zero attached hydrogens (tertiary/aromatic N) is 1. The number of aliphatic hydroxyl groups is 1. The third kappa shape index (κ3) is 4.97. The maximum absolute atomic E-state index is 12.1. The molecule has 0 aliphatic carbocycles. The van der Waals surface area contributed by atoms with Gasteiger partial charge < -0.3 is 19.3 Å². The number of carbonyl (C=O) groups is 2. The first-order valence-corrected chi connectivity index (χ1v) is 6.57. The minimum atomic E-state index is -1.05. The van der Waals surface area contributed by atoms with Crippen LogP contribution in [0.2, 0.25) is 0 Å². The predicted molar refractivity (Wildman–Crippen MR) is 70.2 cm³/mol. The van der Waals surface area contributed by atoms with E-state index in [1.54, 1.807) is 20.8 Å². The Bertz CT molecular complexity index is 351. The summed E-state index contributed by atoms with van der Waals surface area (Å²) in [7, 11) is 1.25. The Hall–Kier alpha value is -1.34. The van der Waals surface area contributed by atoms with Crippen molar-refractivity contribution < 1.29 is 28.9 Å². The molecule has 116 valence electrons. The molecule has 1 unspecified atom stereocenters. The molecule has 1 amide bonds. The summed E-state index contributed by atoms with van der Waals surface area (Å²) in [6, 6.07) is -0.613. The third-order valence-corrected chi connectivity index (χ3v) is 2.84. The summed E-state index contributed by atoms with van der Waals surface area (Å²) in [5, 5.41) is 10.1. The molecule has 1 aliphatic rings. The van der Waals surface area contributed by atoms with Gasteiger partial charge in [-0.05, 0) is 20.8 Å². The summed E-state index contributed by atoms with van der Waals surface area (Å²) < 4.78 is 15.1. The number of esters is 1. The first kappa shape index (κ1) is 16.7. The molecular weight excluding hydrogens is 266 g/mol. The fourth-order valence-electron chi connectivity index (χ4n) is 1.88. The SMILES string of the molecule is COC(=O)C[C@H](O)C1COCCN1C(=O)OC(C)(C)C. The number of carbonyl (C=O) groups excluding carboxylic acids is 2. The van der Waals surface area contributed by atoms with E-state index in [0.29, 0.717) is 13.2 Å². The molecule has 0 aromatic heterocycles. The Labute approximate surface area is 118 Å². The van der Waals surface area contributed by atoms with Crippen molar-refractivity contribution >= 4 is 12.1 Å². The standard InChI is InChI=1S/C13H23NO6/c1-13(2,3)20-12(17)14-5-6-19-8-9(14)10(15)7-11(16)18-4/h9-10,15H,5-8H2,1-4H3/t9?,10-/m0/s1. The first-order chi connectivity index (χ1) is 9.24. The highest BCUT2D eigenvalue weighted by Crippen LogP contribution is 2.18. The maximum atomic E-state index is 12.1. The van der Waals surface area contributed by atoms with Crippen LogP contribution in [0, 0.1) is 0 Å². The van der Waals surface area contributed by atoms with E-state index < -0.39 is 29.8 Å². The lowest BCUT2D eigenvalue weighted by atomic mass is 10.1. The predicted octanol–water partition coefficient (Wildman–Crippen LogP) is 0.546. The molecule has 0 aromatic rings. The average molecular weight is 289 g/mol. The van der Waals surface area contributed by atoms with Gasteiger partial charge in [0.2, 0.25) is 0 Å².